The second-order valence-electron chi connectivity index (χ2n) is 17.7. The van der Waals surface area contributed by atoms with Crippen molar-refractivity contribution in [3.05, 3.63) is 0 Å². The van der Waals surface area contributed by atoms with Gasteiger partial charge in [0.2, 0.25) is 0 Å². The molecule has 4 atom stereocenters. The fraction of sp³-hybridized carbons (Fsp3) is 1.00. The molecule has 0 fully saturated rings. The highest BCUT2D eigenvalue weighted by Gasteiger charge is 2.45. The van der Waals surface area contributed by atoms with Crippen LogP contribution in [0.5, 0.6) is 0 Å². The van der Waals surface area contributed by atoms with E-state index in [9.17, 15) is 0 Å². The third-order valence-corrected chi connectivity index (χ3v) is 13.2. The van der Waals surface area contributed by atoms with Crippen molar-refractivity contribution in [2.45, 2.75) is 311 Å². The molecule has 308 valence electrons. The smallest absolute Gasteiger partial charge is 0.0715 e. The monoisotopic (exact) mass is 719 g/mol. The van der Waals surface area contributed by atoms with E-state index in [-0.39, 0.29) is 11.2 Å². The molecule has 0 bridgehead atoms. The van der Waals surface area contributed by atoms with E-state index < -0.39 is 0 Å². The summed E-state index contributed by atoms with van der Waals surface area (Å²) in [7, 11) is 0. The summed E-state index contributed by atoms with van der Waals surface area (Å²) in [6, 6.07) is 0. The van der Waals surface area contributed by atoms with Crippen LogP contribution in [0.15, 0.2) is 0 Å². The highest BCUT2D eigenvalue weighted by Crippen LogP contribution is 2.45. The van der Waals surface area contributed by atoms with Gasteiger partial charge in [-0.1, -0.05) is 274 Å². The van der Waals surface area contributed by atoms with Crippen LogP contribution >= 0.6 is 0 Å². The molecule has 0 saturated heterocycles. The molecule has 0 heterocycles. The first-order valence-electron chi connectivity index (χ1n) is 24.6. The Bertz CT molecular complexity index is 616. The zero-order chi connectivity index (χ0) is 37.7. The molecule has 0 rings (SSSR count). The van der Waals surface area contributed by atoms with E-state index in [0.29, 0.717) is 11.8 Å². The molecule has 51 heavy (non-hydrogen) atoms. The molecular formula is C50H102O. The average molecular weight is 719 g/mol. The average Bonchev–Trinajstić information content (AvgIpc) is 3.14. The third-order valence-electron chi connectivity index (χ3n) is 13.2. The Labute approximate surface area is 326 Å². The lowest BCUT2D eigenvalue weighted by Crippen LogP contribution is -2.51. The number of hydrogen-bond donors (Lipinski definition) is 0. The van der Waals surface area contributed by atoms with E-state index in [2.05, 4.69) is 55.4 Å². The zero-order valence-electron chi connectivity index (χ0n) is 37.4. The molecule has 0 spiro atoms. The molecule has 0 aromatic carbocycles. The van der Waals surface area contributed by atoms with Crippen LogP contribution in [-0.4, -0.2) is 11.2 Å². The molecule has 4 unspecified atom stereocenters. The number of hydrogen-bond acceptors (Lipinski definition) is 1. The maximum Gasteiger partial charge on any atom is 0.0715 e. The molecule has 0 aromatic rings. The van der Waals surface area contributed by atoms with Gasteiger partial charge >= 0.3 is 0 Å². The van der Waals surface area contributed by atoms with Gasteiger partial charge in [-0.25, -0.2) is 0 Å². The predicted octanol–water partition coefficient (Wildman–Crippen LogP) is 18.7. The molecule has 0 aliphatic heterocycles. The van der Waals surface area contributed by atoms with E-state index in [0.717, 1.165) is 0 Å². The van der Waals surface area contributed by atoms with Crippen molar-refractivity contribution in [2.75, 3.05) is 0 Å². The number of unbranched alkanes of at least 4 members (excludes halogenated alkanes) is 28. The van der Waals surface area contributed by atoms with E-state index in [1.807, 2.05) is 0 Å². The van der Waals surface area contributed by atoms with Gasteiger partial charge in [-0.2, -0.15) is 0 Å². The molecule has 0 aromatic heterocycles. The Morgan fingerprint density at radius 1 is 0.275 bits per heavy atom. The lowest BCUT2D eigenvalue weighted by Gasteiger charge is -2.50. The molecule has 0 amide bonds. The van der Waals surface area contributed by atoms with Crippen molar-refractivity contribution in [3.63, 3.8) is 0 Å². The van der Waals surface area contributed by atoms with Gasteiger partial charge < -0.3 is 4.74 Å². The van der Waals surface area contributed by atoms with Crippen LogP contribution in [0.1, 0.15) is 299 Å². The normalized spacial score (nSPS) is 15.5. The van der Waals surface area contributed by atoms with Crippen molar-refractivity contribution in [3.8, 4) is 0 Å². The van der Waals surface area contributed by atoms with Gasteiger partial charge in [0.1, 0.15) is 0 Å². The lowest BCUT2D eigenvalue weighted by molar-refractivity contribution is -0.216. The Balaban J connectivity index is 4.77. The summed E-state index contributed by atoms with van der Waals surface area (Å²) in [4.78, 5) is 0. The summed E-state index contributed by atoms with van der Waals surface area (Å²) >= 11 is 0. The predicted molar refractivity (Wildman–Crippen MR) is 234 cm³/mol. The van der Waals surface area contributed by atoms with Crippen LogP contribution in [0.3, 0.4) is 0 Å². The van der Waals surface area contributed by atoms with Crippen LogP contribution < -0.4 is 0 Å². The number of rotatable bonds is 42. The second kappa shape index (κ2) is 36.9. The van der Waals surface area contributed by atoms with Gasteiger partial charge in [0, 0.05) is 0 Å². The van der Waals surface area contributed by atoms with Gasteiger partial charge in [-0.3, -0.25) is 0 Å². The Morgan fingerprint density at radius 3 is 0.686 bits per heavy atom. The van der Waals surface area contributed by atoms with E-state index in [4.69, 9.17) is 4.74 Å². The van der Waals surface area contributed by atoms with Gasteiger partial charge in [0.05, 0.1) is 11.2 Å². The van der Waals surface area contributed by atoms with Gasteiger partial charge in [0.25, 0.3) is 0 Å². The quantitative estimate of drug-likeness (QED) is 0.0571. The second-order valence-corrected chi connectivity index (χ2v) is 17.7. The van der Waals surface area contributed by atoms with Gasteiger partial charge in [-0.15, -0.1) is 0 Å². The molecule has 0 aliphatic carbocycles. The van der Waals surface area contributed by atoms with Crippen LogP contribution in [-0.2, 0) is 4.74 Å². The fourth-order valence-corrected chi connectivity index (χ4v) is 9.23. The SMILES string of the molecule is CCCCCCCCCCCCCCCCCC(CCC)(OC(CCC)(CCCCCCCCCCCCCCCCC)C(C)CC)C(C)CC. The van der Waals surface area contributed by atoms with Gasteiger partial charge in [0.15, 0.2) is 0 Å². The summed E-state index contributed by atoms with van der Waals surface area (Å²) in [5, 5.41) is 0. The maximum absolute atomic E-state index is 7.85. The largest absolute Gasteiger partial charge is 0.368 e. The summed E-state index contributed by atoms with van der Waals surface area (Å²) < 4.78 is 7.85. The topological polar surface area (TPSA) is 9.23 Å². The first-order chi connectivity index (χ1) is 24.9. The molecule has 1 nitrogen and oxygen atoms in total. The van der Waals surface area contributed by atoms with Crippen molar-refractivity contribution in [1.82, 2.24) is 0 Å². The maximum atomic E-state index is 7.85. The van der Waals surface area contributed by atoms with E-state index in [1.54, 1.807) is 0 Å². The van der Waals surface area contributed by atoms with Gasteiger partial charge in [-0.05, 0) is 37.5 Å². The minimum absolute atomic E-state index is 0.0497. The van der Waals surface area contributed by atoms with Crippen molar-refractivity contribution >= 4 is 0 Å². The highest BCUT2D eigenvalue weighted by atomic mass is 16.5. The van der Waals surface area contributed by atoms with E-state index in [1.165, 1.54) is 244 Å². The highest BCUT2D eigenvalue weighted by molar-refractivity contribution is 4.94. The summed E-state index contributed by atoms with van der Waals surface area (Å²) in [6.45, 7) is 19.3. The Morgan fingerprint density at radius 2 is 0.490 bits per heavy atom. The molecule has 0 aliphatic rings. The van der Waals surface area contributed by atoms with Crippen molar-refractivity contribution in [1.29, 1.82) is 0 Å². The Kier molecular flexibility index (Phi) is 36.9. The first kappa shape index (κ1) is 51.0. The van der Waals surface area contributed by atoms with Crippen LogP contribution in [0.2, 0.25) is 0 Å². The molecule has 1 heteroatoms. The van der Waals surface area contributed by atoms with Crippen LogP contribution in [0.4, 0.5) is 0 Å². The lowest BCUT2D eigenvalue weighted by atomic mass is 9.74. The standard InChI is InChI=1S/C50H102O/c1-9-15-17-19-21-23-25-27-29-31-33-35-37-39-41-45-49(43-11-3,47(7)13-5)51-50(44-12-4,48(8)14-6)46-42-40-38-36-34-32-30-28-26-24-22-20-18-16-10-2/h47-48H,9-46H2,1-8H3. The van der Waals surface area contributed by atoms with E-state index >= 15 is 0 Å². The number of ether oxygens (including phenoxy) is 1. The van der Waals surface area contributed by atoms with Crippen LogP contribution in [0, 0.1) is 11.8 Å². The minimum Gasteiger partial charge on any atom is -0.368 e. The molecule has 0 saturated carbocycles. The molecular weight excluding hydrogens is 617 g/mol. The summed E-state index contributed by atoms with van der Waals surface area (Å²) in [6.07, 6.45) is 53.1. The first-order valence-corrected chi connectivity index (χ1v) is 24.6. The zero-order valence-corrected chi connectivity index (χ0v) is 37.4. The fourth-order valence-electron chi connectivity index (χ4n) is 9.23. The molecule has 0 N–H and O–H groups in total. The van der Waals surface area contributed by atoms with Crippen LogP contribution in [0.25, 0.3) is 0 Å². The molecule has 0 radical (unpaired) electrons. The Hall–Kier alpha value is -0.0400. The summed E-state index contributed by atoms with van der Waals surface area (Å²) in [5.74, 6) is 1.26. The minimum atomic E-state index is 0.0497. The van der Waals surface area contributed by atoms with Crippen molar-refractivity contribution < 1.29 is 4.74 Å². The summed E-state index contributed by atoms with van der Waals surface area (Å²) in [5.41, 5.74) is 0.0995. The van der Waals surface area contributed by atoms with Crippen molar-refractivity contribution in [2.24, 2.45) is 11.8 Å². The third kappa shape index (κ3) is 26.4.